The molecule has 1 fully saturated rings. The third-order valence-corrected chi connectivity index (χ3v) is 6.98. The van der Waals surface area contributed by atoms with Gasteiger partial charge in [0.25, 0.3) is 5.91 Å². The van der Waals surface area contributed by atoms with Crippen molar-refractivity contribution < 1.29 is 27.3 Å². The smallest absolute Gasteiger partial charge is 0.369 e. The van der Waals surface area contributed by atoms with Gasteiger partial charge < -0.3 is 11.1 Å². The number of halogens is 3. The molecule has 0 aromatic heterocycles. The van der Waals surface area contributed by atoms with Crippen LogP contribution in [0, 0.1) is 0 Å². The molecule has 7 nitrogen and oxygen atoms in total. The number of carbonyl (C=O) groups excluding carboxylic acids is 2. The molecule has 198 valence electrons. The Hall–Kier alpha value is -3.24. The second-order valence-corrected chi connectivity index (χ2v) is 10.2. The molecule has 0 saturated carbocycles. The quantitative estimate of drug-likeness (QED) is 0.578. The number of fused-ring (bicyclic) bond motifs is 1. The Balaban J connectivity index is 1.55. The first-order chi connectivity index (χ1) is 17.4. The van der Waals surface area contributed by atoms with E-state index in [0.29, 0.717) is 37.3 Å². The van der Waals surface area contributed by atoms with Crippen LogP contribution in [0.3, 0.4) is 0 Å². The minimum Gasteiger partial charge on any atom is -0.369 e. The molecule has 0 unspecified atom stereocenters. The van der Waals surface area contributed by atoms with Gasteiger partial charge in [-0.1, -0.05) is 13.0 Å². The molecule has 37 heavy (non-hydrogen) atoms. The summed E-state index contributed by atoms with van der Waals surface area (Å²) in [6.07, 6.45) is -3.66. The number of amides is 2. The van der Waals surface area contributed by atoms with Crippen molar-refractivity contribution in [3.05, 3.63) is 64.2 Å². The van der Waals surface area contributed by atoms with Crippen molar-refractivity contribution in [3.63, 3.8) is 0 Å². The van der Waals surface area contributed by atoms with Crippen molar-refractivity contribution in [2.45, 2.75) is 38.5 Å². The SMILES string of the molecule is C[C@H]1CN(CC(N)=O)Cc2cc(C(=O)Nc3cc(CN4CCC(=[N+](C)C)C4)cc(C(F)(F)F)c3)ccc21. The van der Waals surface area contributed by atoms with Gasteiger partial charge in [0.05, 0.1) is 18.7 Å². The Bertz CT molecular complexity index is 1240. The first-order valence-electron chi connectivity index (χ1n) is 12.3. The topological polar surface area (TPSA) is 81.7 Å². The minimum atomic E-state index is -4.53. The van der Waals surface area contributed by atoms with E-state index in [0.717, 1.165) is 36.2 Å². The first-order valence-corrected chi connectivity index (χ1v) is 12.3. The molecule has 2 aromatic rings. The lowest BCUT2D eigenvalue weighted by Crippen LogP contribution is -2.38. The van der Waals surface area contributed by atoms with Crippen molar-refractivity contribution in [2.75, 3.05) is 45.6 Å². The fourth-order valence-electron chi connectivity index (χ4n) is 5.18. The van der Waals surface area contributed by atoms with E-state index >= 15 is 0 Å². The molecule has 1 saturated heterocycles. The monoisotopic (exact) mass is 516 g/mol. The van der Waals surface area contributed by atoms with Crippen LogP contribution in [0.1, 0.15) is 51.9 Å². The second kappa shape index (κ2) is 10.6. The molecule has 2 heterocycles. The van der Waals surface area contributed by atoms with E-state index in [4.69, 9.17) is 5.73 Å². The minimum absolute atomic E-state index is 0.104. The lowest BCUT2D eigenvalue weighted by molar-refractivity contribution is -0.466. The van der Waals surface area contributed by atoms with Gasteiger partial charge in [0, 0.05) is 43.9 Å². The van der Waals surface area contributed by atoms with E-state index in [2.05, 4.69) is 10.2 Å². The number of nitrogens with zero attached hydrogens (tertiary/aromatic N) is 3. The van der Waals surface area contributed by atoms with Crippen LogP contribution in [0.5, 0.6) is 0 Å². The highest BCUT2D eigenvalue weighted by Crippen LogP contribution is 2.33. The Morgan fingerprint density at radius 3 is 2.51 bits per heavy atom. The van der Waals surface area contributed by atoms with Gasteiger partial charge in [-0.2, -0.15) is 13.2 Å². The summed E-state index contributed by atoms with van der Waals surface area (Å²) in [5.74, 6) is -0.756. The Morgan fingerprint density at radius 1 is 1.11 bits per heavy atom. The zero-order valence-corrected chi connectivity index (χ0v) is 21.4. The average molecular weight is 517 g/mol. The summed E-state index contributed by atoms with van der Waals surface area (Å²) in [6, 6.07) is 9.03. The van der Waals surface area contributed by atoms with Gasteiger partial charge in [0.2, 0.25) is 5.91 Å². The maximum absolute atomic E-state index is 13.7. The third kappa shape index (κ3) is 6.56. The number of rotatable bonds is 6. The molecule has 2 aliphatic heterocycles. The van der Waals surface area contributed by atoms with E-state index in [1.54, 1.807) is 18.2 Å². The number of primary amides is 1. The van der Waals surface area contributed by atoms with Gasteiger partial charge in [-0.25, -0.2) is 4.58 Å². The molecule has 2 aromatic carbocycles. The summed E-state index contributed by atoms with van der Waals surface area (Å²) in [7, 11) is 3.93. The molecule has 4 rings (SSSR count). The highest BCUT2D eigenvalue weighted by atomic mass is 19.4. The number of hydrogen-bond donors (Lipinski definition) is 2. The highest BCUT2D eigenvalue weighted by molar-refractivity contribution is 6.04. The molecule has 0 spiro atoms. The van der Waals surface area contributed by atoms with Gasteiger partial charge in [0.1, 0.15) is 14.1 Å². The Morgan fingerprint density at radius 2 is 1.86 bits per heavy atom. The Labute approximate surface area is 214 Å². The van der Waals surface area contributed by atoms with E-state index in [1.807, 2.05) is 36.6 Å². The number of nitrogens with one attached hydrogen (secondary N) is 1. The van der Waals surface area contributed by atoms with E-state index < -0.39 is 23.6 Å². The zero-order valence-electron chi connectivity index (χ0n) is 21.4. The molecule has 0 aliphatic carbocycles. The number of benzene rings is 2. The standard InChI is InChI=1S/C27H32F3N5O2/c1-17-12-35(16-25(31)36)14-20-10-19(4-5-24(17)20)26(37)32-22-9-18(8-21(11-22)27(28,29)30)13-34-7-6-23(15-34)33(2)3/h4-5,8-11,17H,6-7,12-16H2,1-3H3,(H2-,31,32,36,37)/p+1/t17-/m0/s1. The maximum atomic E-state index is 13.7. The van der Waals surface area contributed by atoms with Crippen molar-refractivity contribution in [1.29, 1.82) is 0 Å². The molecule has 2 aliphatic rings. The number of hydrogen-bond acceptors (Lipinski definition) is 4. The van der Waals surface area contributed by atoms with Gasteiger partial charge in [-0.15, -0.1) is 0 Å². The number of anilines is 1. The summed E-state index contributed by atoms with van der Waals surface area (Å²) >= 11 is 0. The maximum Gasteiger partial charge on any atom is 0.416 e. The molecular formula is C27H33F3N5O2+. The molecule has 10 heteroatoms. The van der Waals surface area contributed by atoms with Crippen LogP contribution in [-0.2, 0) is 24.1 Å². The second-order valence-electron chi connectivity index (χ2n) is 10.2. The Kier molecular flexibility index (Phi) is 7.70. The predicted molar refractivity (Wildman–Crippen MR) is 136 cm³/mol. The fraction of sp³-hybridized carbons (Fsp3) is 0.444. The number of likely N-dealkylation sites (tertiary alicyclic amines) is 1. The highest BCUT2D eigenvalue weighted by Gasteiger charge is 2.32. The largest absolute Gasteiger partial charge is 0.416 e. The lowest BCUT2D eigenvalue weighted by Gasteiger charge is -2.32. The lowest BCUT2D eigenvalue weighted by atomic mass is 9.89. The van der Waals surface area contributed by atoms with Crippen molar-refractivity contribution in [3.8, 4) is 0 Å². The number of carbonyl (C=O) groups is 2. The normalized spacial score (nSPS) is 18.5. The summed E-state index contributed by atoms with van der Waals surface area (Å²) in [6.45, 7) is 5.14. The van der Waals surface area contributed by atoms with Crippen molar-refractivity contribution >= 4 is 23.2 Å². The van der Waals surface area contributed by atoms with Crippen molar-refractivity contribution in [1.82, 2.24) is 9.80 Å². The van der Waals surface area contributed by atoms with Crippen LogP contribution in [0.2, 0.25) is 0 Å². The summed E-state index contributed by atoms with van der Waals surface area (Å²) in [4.78, 5) is 28.5. The fourth-order valence-corrected chi connectivity index (χ4v) is 5.18. The summed E-state index contributed by atoms with van der Waals surface area (Å²) in [5.41, 5.74) is 8.71. The van der Waals surface area contributed by atoms with Crippen molar-refractivity contribution in [2.24, 2.45) is 5.73 Å². The third-order valence-electron chi connectivity index (χ3n) is 6.98. The van der Waals surface area contributed by atoms with Crippen LogP contribution in [0.4, 0.5) is 18.9 Å². The first kappa shape index (κ1) is 26.8. The van der Waals surface area contributed by atoms with Crippen LogP contribution in [0.25, 0.3) is 0 Å². The van der Waals surface area contributed by atoms with E-state index in [9.17, 15) is 22.8 Å². The van der Waals surface area contributed by atoms with Crippen LogP contribution < -0.4 is 11.1 Å². The molecule has 3 N–H and O–H groups in total. The van der Waals surface area contributed by atoms with Crippen LogP contribution >= 0.6 is 0 Å². The molecule has 0 radical (unpaired) electrons. The van der Waals surface area contributed by atoms with Gasteiger partial charge in [0.15, 0.2) is 5.71 Å². The van der Waals surface area contributed by atoms with Gasteiger partial charge >= 0.3 is 6.18 Å². The number of alkyl halides is 3. The molecule has 1 atom stereocenters. The average Bonchev–Trinajstić information content (AvgIpc) is 3.26. The van der Waals surface area contributed by atoms with Gasteiger partial charge in [-0.05, 0) is 52.9 Å². The molecule has 2 amide bonds. The van der Waals surface area contributed by atoms with E-state index in [-0.39, 0.29) is 18.2 Å². The molecule has 0 bridgehead atoms. The molecular weight excluding hydrogens is 483 g/mol. The number of nitrogens with two attached hydrogens (primary N) is 1. The van der Waals surface area contributed by atoms with Crippen LogP contribution in [-0.4, -0.2) is 72.2 Å². The van der Waals surface area contributed by atoms with E-state index in [1.165, 1.54) is 5.71 Å². The summed E-state index contributed by atoms with van der Waals surface area (Å²) < 4.78 is 43.0. The van der Waals surface area contributed by atoms with Gasteiger partial charge in [-0.3, -0.25) is 19.4 Å². The summed E-state index contributed by atoms with van der Waals surface area (Å²) in [5, 5.41) is 2.67. The predicted octanol–water partition coefficient (Wildman–Crippen LogP) is 3.28. The zero-order chi connectivity index (χ0) is 26.9. The van der Waals surface area contributed by atoms with Crippen LogP contribution in [0.15, 0.2) is 36.4 Å².